The van der Waals surface area contributed by atoms with Gasteiger partial charge in [-0.3, -0.25) is 9.69 Å². The van der Waals surface area contributed by atoms with E-state index in [9.17, 15) is 9.18 Å². The molecule has 2 heterocycles. The molecule has 3 aromatic rings. The van der Waals surface area contributed by atoms with E-state index in [2.05, 4.69) is 15.2 Å². The highest BCUT2D eigenvalue weighted by atomic mass is 35.5. The number of benzene rings is 2. The van der Waals surface area contributed by atoms with Gasteiger partial charge in [-0.05, 0) is 54.8 Å². The first-order valence-electron chi connectivity index (χ1n) is 10.6. The van der Waals surface area contributed by atoms with Crippen molar-refractivity contribution in [3.63, 3.8) is 0 Å². The standard InChI is InChI=1S/C24H25ClFN3O2S/c25-18-3-7-22(8-4-18)31-15-24-28-21(16-32-24)13-23(30)27-20-9-11-29(12-10-20)14-17-1-5-19(26)6-2-17/h1-8,16,20H,9-15H2,(H,27,30). The first-order chi connectivity index (χ1) is 15.5. The number of rotatable bonds is 8. The van der Waals surface area contributed by atoms with Crippen LogP contribution in [0.25, 0.3) is 0 Å². The number of hydrogen-bond acceptors (Lipinski definition) is 5. The molecular formula is C24H25ClFN3O2S. The lowest BCUT2D eigenvalue weighted by Crippen LogP contribution is -2.44. The minimum absolute atomic E-state index is 0.00236. The van der Waals surface area contributed by atoms with Gasteiger partial charge in [0.1, 0.15) is 23.2 Å². The number of aromatic nitrogens is 1. The Labute approximate surface area is 196 Å². The van der Waals surface area contributed by atoms with E-state index >= 15 is 0 Å². The Morgan fingerprint density at radius 2 is 1.88 bits per heavy atom. The third-order valence-electron chi connectivity index (χ3n) is 5.39. The molecule has 168 valence electrons. The number of amides is 1. The Kier molecular flexibility index (Phi) is 7.73. The summed E-state index contributed by atoms with van der Waals surface area (Å²) in [5, 5.41) is 6.54. The molecule has 1 aliphatic heterocycles. The van der Waals surface area contributed by atoms with Gasteiger partial charge in [0, 0.05) is 36.1 Å². The number of ether oxygens (including phenoxy) is 1. The maximum absolute atomic E-state index is 13.0. The van der Waals surface area contributed by atoms with Crippen molar-refractivity contribution in [2.24, 2.45) is 0 Å². The van der Waals surface area contributed by atoms with E-state index in [0.717, 1.165) is 54.5 Å². The molecule has 4 rings (SSSR count). The molecule has 0 bridgehead atoms. The highest BCUT2D eigenvalue weighted by Crippen LogP contribution is 2.19. The molecule has 5 nitrogen and oxygen atoms in total. The van der Waals surface area contributed by atoms with Gasteiger partial charge in [-0.15, -0.1) is 11.3 Å². The molecule has 0 spiro atoms. The van der Waals surface area contributed by atoms with Gasteiger partial charge in [0.2, 0.25) is 5.91 Å². The number of thiazole rings is 1. The van der Waals surface area contributed by atoms with Gasteiger partial charge in [-0.25, -0.2) is 9.37 Å². The summed E-state index contributed by atoms with van der Waals surface area (Å²) < 4.78 is 18.8. The van der Waals surface area contributed by atoms with Crippen molar-refractivity contribution in [2.75, 3.05) is 13.1 Å². The predicted molar refractivity (Wildman–Crippen MR) is 124 cm³/mol. The molecular weight excluding hydrogens is 449 g/mol. The van der Waals surface area contributed by atoms with Crippen LogP contribution in [0, 0.1) is 5.82 Å². The number of nitrogens with one attached hydrogen (secondary N) is 1. The van der Waals surface area contributed by atoms with E-state index in [-0.39, 0.29) is 24.2 Å². The number of nitrogens with zero attached hydrogens (tertiary/aromatic N) is 2. The topological polar surface area (TPSA) is 54.5 Å². The molecule has 0 radical (unpaired) electrons. The third-order valence-corrected chi connectivity index (χ3v) is 6.51. The summed E-state index contributed by atoms with van der Waals surface area (Å²) in [7, 11) is 0. The molecule has 1 aromatic heterocycles. The van der Waals surface area contributed by atoms with Crippen LogP contribution in [-0.4, -0.2) is 34.9 Å². The second kappa shape index (κ2) is 10.9. The Hall–Kier alpha value is -2.48. The van der Waals surface area contributed by atoms with E-state index in [1.165, 1.54) is 23.5 Å². The second-order valence-electron chi connectivity index (χ2n) is 7.90. The van der Waals surface area contributed by atoms with Crippen molar-refractivity contribution in [2.45, 2.75) is 38.5 Å². The van der Waals surface area contributed by atoms with E-state index in [0.29, 0.717) is 11.6 Å². The molecule has 0 unspecified atom stereocenters. The average molecular weight is 474 g/mol. The summed E-state index contributed by atoms with van der Waals surface area (Å²) in [6, 6.07) is 14.0. The maximum atomic E-state index is 13.0. The zero-order valence-corrected chi connectivity index (χ0v) is 19.2. The molecule has 0 saturated carbocycles. The molecule has 1 aliphatic rings. The lowest BCUT2D eigenvalue weighted by molar-refractivity contribution is -0.121. The summed E-state index contributed by atoms with van der Waals surface area (Å²) in [5.41, 5.74) is 1.87. The minimum Gasteiger partial charge on any atom is -0.486 e. The Balaban J connectivity index is 1.17. The van der Waals surface area contributed by atoms with Crippen LogP contribution in [0.4, 0.5) is 4.39 Å². The minimum atomic E-state index is -0.212. The van der Waals surface area contributed by atoms with Gasteiger partial charge in [-0.2, -0.15) is 0 Å². The van der Waals surface area contributed by atoms with Crippen LogP contribution in [0.15, 0.2) is 53.9 Å². The summed E-state index contributed by atoms with van der Waals surface area (Å²) in [6.45, 7) is 2.98. The number of carbonyl (C=O) groups excluding carboxylic acids is 1. The molecule has 8 heteroatoms. The molecule has 1 amide bonds. The normalized spacial score (nSPS) is 14.9. The monoisotopic (exact) mass is 473 g/mol. The van der Waals surface area contributed by atoms with Gasteiger partial charge in [0.25, 0.3) is 0 Å². The van der Waals surface area contributed by atoms with Crippen molar-refractivity contribution < 1.29 is 13.9 Å². The SMILES string of the molecule is O=C(Cc1csc(COc2ccc(Cl)cc2)n1)NC1CCN(Cc2ccc(F)cc2)CC1. The quantitative estimate of drug-likeness (QED) is 0.508. The number of likely N-dealkylation sites (tertiary alicyclic amines) is 1. The van der Waals surface area contributed by atoms with Crippen molar-refractivity contribution in [1.29, 1.82) is 0 Å². The molecule has 1 N–H and O–H groups in total. The van der Waals surface area contributed by atoms with Crippen LogP contribution in [0.1, 0.15) is 29.1 Å². The lowest BCUT2D eigenvalue weighted by Gasteiger charge is -2.32. The van der Waals surface area contributed by atoms with Crippen LogP contribution < -0.4 is 10.1 Å². The lowest BCUT2D eigenvalue weighted by atomic mass is 10.0. The van der Waals surface area contributed by atoms with Gasteiger partial charge in [0.15, 0.2) is 0 Å². The van der Waals surface area contributed by atoms with Crippen LogP contribution in [0.5, 0.6) is 5.75 Å². The molecule has 0 atom stereocenters. The predicted octanol–water partition coefficient (Wildman–Crippen LogP) is 4.84. The van der Waals surface area contributed by atoms with E-state index in [4.69, 9.17) is 16.3 Å². The molecule has 32 heavy (non-hydrogen) atoms. The molecule has 1 fully saturated rings. The summed E-state index contributed by atoms with van der Waals surface area (Å²) in [4.78, 5) is 19.3. The Morgan fingerprint density at radius 1 is 1.16 bits per heavy atom. The number of carbonyl (C=O) groups is 1. The first kappa shape index (κ1) is 22.7. The largest absolute Gasteiger partial charge is 0.486 e. The van der Waals surface area contributed by atoms with E-state index < -0.39 is 0 Å². The van der Waals surface area contributed by atoms with Gasteiger partial charge >= 0.3 is 0 Å². The fourth-order valence-corrected chi connectivity index (χ4v) is 4.53. The molecule has 0 aliphatic carbocycles. The number of halogens is 2. The second-order valence-corrected chi connectivity index (χ2v) is 9.28. The fourth-order valence-electron chi connectivity index (χ4n) is 3.70. The van der Waals surface area contributed by atoms with Crippen molar-refractivity contribution >= 4 is 28.8 Å². The Bertz CT molecular complexity index is 1020. The fraction of sp³-hybridized carbons (Fsp3) is 0.333. The van der Waals surface area contributed by atoms with Crippen LogP contribution in [0.3, 0.4) is 0 Å². The van der Waals surface area contributed by atoms with Crippen LogP contribution >= 0.6 is 22.9 Å². The van der Waals surface area contributed by atoms with E-state index in [1.54, 1.807) is 12.1 Å². The van der Waals surface area contributed by atoms with Crippen molar-refractivity contribution in [1.82, 2.24) is 15.2 Å². The van der Waals surface area contributed by atoms with Gasteiger partial charge < -0.3 is 10.1 Å². The smallest absolute Gasteiger partial charge is 0.226 e. The Morgan fingerprint density at radius 3 is 2.59 bits per heavy atom. The van der Waals surface area contributed by atoms with Crippen LogP contribution in [-0.2, 0) is 24.4 Å². The van der Waals surface area contributed by atoms with Gasteiger partial charge in [-0.1, -0.05) is 23.7 Å². The average Bonchev–Trinajstić information content (AvgIpc) is 3.23. The summed E-state index contributed by atoms with van der Waals surface area (Å²) in [5.74, 6) is 0.517. The molecule has 2 aromatic carbocycles. The van der Waals surface area contributed by atoms with E-state index in [1.807, 2.05) is 29.6 Å². The van der Waals surface area contributed by atoms with Crippen molar-refractivity contribution in [3.8, 4) is 5.75 Å². The maximum Gasteiger partial charge on any atom is 0.226 e. The highest BCUT2D eigenvalue weighted by Gasteiger charge is 2.21. The first-order valence-corrected chi connectivity index (χ1v) is 11.9. The van der Waals surface area contributed by atoms with Gasteiger partial charge in [0.05, 0.1) is 12.1 Å². The van der Waals surface area contributed by atoms with Crippen LogP contribution in [0.2, 0.25) is 5.02 Å². The van der Waals surface area contributed by atoms with Crippen molar-refractivity contribution in [3.05, 3.63) is 81.0 Å². The summed E-state index contributed by atoms with van der Waals surface area (Å²) in [6.07, 6.45) is 2.08. The molecule has 1 saturated heterocycles. The zero-order valence-electron chi connectivity index (χ0n) is 17.6. The highest BCUT2D eigenvalue weighted by molar-refractivity contribution is 7.09. The number of hydrogen-bond donors (Lipinski definition) is 1. The number of piperidine rings is 1. The zero-order chi connectivity index (χ0) is 22.3. The summed E-state index contributed by atoms with van der Waals surface area (Å²) >= 11 is 7.37. The third kappa shape index (κ3) is 6.76.